The molecule has 6 heteroatoms. The van der Waals surface area contributed by atoms with Gasteiger partial charge in [0, 0.05) is 0 Å². The second-order valence-corrected chi connectivity index (χ2v) is 1.34. The minimum absolute atomic E-state index is 1.00. The lowest BCUT2D eigenvalue weighted by molar-refractivity contribution is -0.127. The van der Waals surface area contributed by atoms with Gasteiger partial charge in [-0.3, -0.25) is 9.59 Å². The molecular weight excluding hydrogens is 124 g/mol. The lowest BCUT2D eigenvalue weighted by Crippen LogP contribution is -2.38. The molecule has 0 spiro atoms. The summed E-state index contributed by atoms with van der Waals surface area (Å²) in [5.41, 5.74) is 15.4. The van der Waals surface area contributed by atoms with Crippen LogP contribution in [0.2, 0.25) is 0 Å². The highest BCUT2D eigenvalue weighted by Gasteiger charge is 2.19. The molecule has 6 nitrogen and oxygen atoms in total. The summed E-state index contributed by atoms with van der Waals surface area (Å²) < 4.78 is 0. The molecule has 0 atom stereocenters. The van der Waals surface area contributed by atoms with Crippen LogP contribution in [0.1, 0.15) is 0 Å². The largest absolute Gasteiger partial charge is 0.367 e. The van der Waals surface area contributed by atoms with Gasteiger partial charge in [-0.1, -0.05) is 0 Å². The van der Waals surface area contributed by atoms with E-state index in [9.17, 15) is 9.59 Å². The van der Waals surface area contributed by atoms with E-state index in [1.165, 1.54) is 0 Å². The zero-order valence-electron chi connectivity index (χ0n) is 4.50. The first-order valence-corrected chi connectivity index (χ1v) is 2.04. The van der Waals surface area contributed by atoms with Crippen molar-refractivity contribution in [2.45, 2.75) is 6.04 Å². The number of hydrogen-bond acceptors (Lipinski definition) is 4. The fourth-order valence-electron chi connectivity index (χ4n) is 0.267. The smallest absolute Gasteiger partial charge is 0.253 e. The lowest BCUT2D eigenvalue weighted by Gasteiger charge is -1.97. The van der Waals surface area contributed by atoms with Gasteiger partial charge in [-0.25, -0.2) is 5.53 Å². The highest BCUT2D eigenvalue weighted by molar-refractivity contribution is 6.02. The molecule has 0 aliphatic rings. The van der Waals surface area contributed by atoms with Crippen molar-refractivity contribution in [1.82, 2.24) is 0 Å². The average Bonchev–Trinajstić information content (AvgIpc) is 1.64. The van der Waals surface area contributed by atoms with Gasteiger partial charge in [0.25, 0.3) is 11.8 Å². The molecule has 0 aliphatic heterocycles. The van der Waals surface area contributed by atoms with E-state index in [4.69, 9.17) is 5.53 Å². The summed E-state index contributed by atoms with van der Waals surface area (Å²) in [6.45, 7) is 0. The summed E-state index contributed by atoms with van der Waals surface area (Å²) in [5.74, 6) is -2.00. The van der Waals surface area contributed by atoms with Crippen molar-refractivity contribution in [2.75, 3.05) is 0 Å². The number of nitrogens with two attached hydrogens (primary N) is 2. The second-order valence-electron chi connectivity index (χ2n) is 1.34. The van der Waals surface area contributed by atoms with Crippen molar-refractivity contribution >= 4 is 11.8 Å². The van der Waals surface area contributed by atoms with Gasteiger partial charge in [0.1, 0.15) is 0 Å². The quantitative estimate of drug-likeness (QED) is 0.313. The van der Waals surface area contributed by atoms with E-state index in [1.54, 1.807) is 0 Å². The van der Waals surface area contributed by atoms with Crippen LogP contribution in [0.3, 0.4) is 0 Å². The van der Waals surface area contributed by atoms with E-state index in [0.29, 0.717) is 0 Å². The predicted octanol–water partition coefficient (Wildman–Crippen LogP) is -1.64. The molecule has 5 N–H and O–H groups in total. The Morgan fingerprint density at radius 1 is 1.33 bits per heavy atom. The Kier molecular flexibility index (Phi) is 2.31. The summed E-state index contributed by atoms with van der Waals surface area (Å²) in [4.78, 5) is 20.2. The van der Waals surface area contributed by atoms with Gasteiger partial charge >= 0.3 is 0 Å². The summed E-state index contributed by atoms with van der Waals surface area (Å²) >= 11 is 0. The maximum Gasteiger partial charge on any atom is 0.253 e. The molecule has 0 aliphatic carbocycles. The third-order valence-electron chi connectivity index (χ3n) is 0.668. The van der Waals surface area contributed by atoms with Gasteiger partial charge < -0.3 is 11.5 Å². The summed E-state index contributed by atoms with van der Waals surface area (Å²) in [6.07, 6.45) is 0. The standard InChI is InChI=1S/C3H6N4O2/c4-2(8)1(7-6)3(5)9/h1,6H,(H2,4,8)(H2,5,9). The van der Waals surface area contributed by atoms with E-state index >= 15 is 0 Å². The van der Waals surface area contributed by atoms with Crippen LogP contribution in [0.5, 0.6) is 0 Å². The third-order valence-corrected chi connectivity index (χ3v) is 0.668. The Labute approximate surface area is 50.7 Å². The molecule has 0 saturated carbocycles. The van der Waals surface area contributed by atoms with Gasteiger partial charge in [0.2, 0.25) is 6.04 Å². The SMILES string of the molecule is N=NC(C(N)=O)C(N)=O. The zero-order chi connectivity index (χ0) is 7.44. The Balaban J connectivity index is 4.16. The van der Waals surface area contributed by atoms with Crippen LogP contribution in [-0.2, 0) is 9.59 Å². The molecule has 0 saturated heterocycles. The average molecular weight is 130 g/mol. The predicted molar refractivity (Wildman–Crippen MR) is 27.3 cm³/mol. The Hall–Kier alpha value is -1.46. The van der Waals surface area contributed by atoms with Crippen molar-refractivity contribution in [1.29, 1.82) is 5.53 Å². The number of rotatable bonds is 3. The highest BCUT2D eigenvalue weighted by Crippen LogP contribution is 1.84. The van der Waals surface area contributed by atoms with Crippen LogP contribution in [0.25, 0.3) is 0 Å². The second kappa shape index (κ2) is 2.75. The van der Waals surface area contributed by atoms with E-state index < -0.39 is 17.9 Å². The third kappa shape index (κ3) is 1.85. The van der Waals surface area contributed by atoms with E-state index in [2.05, 4.69) is 16.6 Å². The first-order chi connectivity index (χ1) is 4.09. The molecule has 0 aromatic carbocycles. The Bertz CT molecular complexity index is 140. The van der Waals surface area contributed by atoms with Gasteiger partial charge in [0.15, 0.2) is 0 Å². The van der Waals surface area contributed by atoms with Gasteiger partial charge in [-0.2, -0.15) is 5.11 Å². The molecule has 9 heavy (non-hydrogen) atoms. The van der Waals surface area contributed by atoms with E-state index in [1.807, 2.05) is 0 Å². The first-order valence-electron chi connectivity index (χ1n) is 2.04. The fraction of sp³-hybridized carbons (Fsp3) is 0.333. The first kappa shape index (κ1) is 7.54. The molecule has 2 amide bonds. The number of carbonyl (C=O) groups is 2. The molecule has 0 radical (unpaired) electrons. The van der Waals surface area contributed by atoms with Gasteiger partial charge in [-0.15, -0.1) is 0 Å². The molecule has 0 unspecified atom stereocenters. The summed E-state index contributed by atoms with van der Waals surface area (Å²) in [6, 6.07) is -1.51. The van der Waals surface area contributed by atoms with Crippen LogP contribution in [0, 0.1) is 5.53 Å². The summed E-state index contributed by atoms with van der Waals surface area (Å²) in [5, 5.41) is 2.59. The molecule has 0 aromatic heterocycles. The minimum Gasteiger partial charge on any atom is -0.367 e. The van der Waals surface area contributed by atoms with Gasteiger partial charge in [0.05, 0.1) is 0 Å². The number of nitrogens with zero attached hydrogens (tertiary/aromatic N) is 1. The lowest BCUT2D eigenvalue weighted by atomic mass is 10.3. The number of nitrogens with one attached hydrogen (secondary N) is 1. The Morgan fingerprint density at radius 2 is 1.67 bits per heavy atom. The number of amides is 2. The highest BCUT2D eigenvalue weighted by atomic mass is 16.2. The number of primary amides is 2. The fourth-order valence-corrected chi connectivity index (χ4v) is 0.267. The van der Waals surface area contributed by atoms with Crippen LogP contribution in [0.4, 0.5) is 0 Å². The topological polar surface area (TPSA) is 122 Å². The van der Waals surface area contributed by atoms with E-state index in [-0.39, 0.29) is 0 Å². The monoisotopic (exact) mass is 130 g/mol. The van der Waals surface area contributed by atoms with Crippen molar-refractivity contribution in [2.24, 2.45) is 16.6 Å². The van der Waals surface area contributed by atoms with Gasteiger partial charge in [-0.05, 0) is 0 Å². The molecule has 0 heterocycles. The molecule has 0 rings (SSSR count). The normalized spacial score (nSPS) is 9.00. The molecule has 0 bridgehead atoms. The Morgan fingerprint density at radius 3 is 1.67 bits per heavy atom. The van der Waals surface area contributed by atoms with Crippen LogP contribution in [-0.4, -0.2) is 17.9 Å². The molecular formula is C3H6N4O2. The number of hydrogen-bond donors (Lipinski definition) is 3. The van der Waals surface area contributed by atoms with E-state index in [0.717, 1.165) is 0 Å². The van der Waals surface area contributed by atoms with Crippen molar-refractivity contribution in [3.05, 3.63) is 0 Å². The molecule has 50 valence electrons. The minimum atomic E-state index is -1.51. The number of carbonyl (C=O) groups excluding carboxylic acids is 2. The maximum atomic E-state index is 10.1. The van der Waals surface area contributed by atoms with Crippen LogP contribution < -0.4 is 11.5 Å². The van der Waals surface area contributed by atoms with Crippen LogP contribution >= 0.6 is 0 Å². The summed E-state index contributed by atoms with van der Waals surface area (Å²) in [7, 11) is 0. The van der Waals surface area contributed by atoms with Crippen molar-refractivity contribution < 1.29 is 9.59 Å². The molecule has 0 fully saturated rings. The van der Waals surface area contributed by atoms with Crippen molar-refractivity contribution in [3.63, 3.8) is 0 Å². The molecule has 0 aromatic rings. The maximum absolute atomic E-state index is 10.1. The van der Waals surface area contributed by atoms with Crippen LogP contribution in [0.15, 0.2) is 5.11 Å². The van der Waals surface area contributed by atoms with Crippen molar-refractivity contribution in [3.8, 4) is 0 Å². The zero-order valence-corrected chi connectivity index (χ0v) is 4.50.